The molecule has 0 aromatic heterocycles. The van der Waals surface area contributed by atoms with Gasteiger partial charge in [0.1, 0.15) is 0 Å². The fraction of sp³-hybridized carbons (Fsp3) is 0.462. The first-order valence-electron chi connectivity index (χ1n) is 8.46. The van der Waals surface area contributed by atoms with Crippen LogP contribution in [0.4, 0.5) is 13.2 Å². The monoisotopic (exact) mass is 345 g/mol. The van der Waals surface area contributed by atoms with Gasteiger partial charge in [-0.05, 0) is 25.3 Å². The molecule has 124 valence electrons. The third-order valence-corrected chi connectivity index (χ3v) is 3.34. The zero-order valence-electron chi connectivity index (χ0n) is 16.3. The second kappa shape index (κ2) is 7.59. The Bertz CT molecular complexity index is 800. The van der Waals surface area contributed by atoms with Gasteiger partial charge in [0.15, 0.2) is 6.10 Å². The molecule has 0 N–H and O–H groups in total. The van der Waals surface area contributed by atoms with E-state index in [1.807, 2.05) is 0 Å². The molecule has 9 heteroatoms. The lowest BCUT2D eigenvalue weighted by molar-refractivity contribution is -0.152. The summed E-state index contributed by atoms with van der Waals surface area (Å²) in [5, 5.41) is 0. The average Bonchev–Trinajstić information content (AvgIpc) is 2.56. The molecule has 0 fully saturated rings. The Hall–Kier alpha value is -1.61. The van der Waals surface area contributed by atoms with Crippen LogP contribution in [0, 0.1) is 0 Å². The second-order valence-corrected chi connectivity index (χ2v) is 5.44. The molecule has 1 aromatic carbocycles. The maximum atomic E-state index is 12.5. The SMILES string of the molecule is [2H]c1c([2H])c([2H])c(CC[C@@H](OS(=O)(=O)C(F)(F)F)C(=O)OCC)c([2H])c1[2H]. The topological polar surface area (TPSA) is 69.7 Å². The summed E-state index contributed by atoms with van der Waals surface area (Å²) in [5.41, 5.74) is -6.07. The van der Waals surface area contributed by atoms with Gasteiger partial charge in [0.25, 0.3) is 0 Å². The van der Waals surface area contributed by atoms with Crippen molar-refractivity contribution in [3.8, 4) is 0 Å². The summed E-state index contributed by atoms with van der Waals surface area (Å²) in [7, 11) is -6.11. The van der Waals surface area contributed by atoms with Crippen LogP contribution in [0.3, 0.4) is 0 Å². The minimum absolute atomic E-state index is 0.264. The molecule has 0 amide bonds. The molecule has 0 spiro atoms. The number of halogens is 3. The Kier molecular flexibility index (Phi) is 4.10. The predicted molar refractivity (Wildman–Crippen MR) is 71.2 cm³/mol. The molecule has 0 aliphatic heterocycles. The van der Waals surface area contributed by atoms with Crippen LogP contribution in [-0.2, 0) is 30.3 Å². The van der Waals surface area contributed by atoms with E-state index in [1.165, 1.54) is 6.92 Å². The number of rotatable bonds is 7. The van der Waals surface area contributed by atoms with E-state index in [1.54, 1.807) is 0 Å². The van der Waals surface area contributed by atoms with Gasteiger partial charge in [-0.2, -0.15) is 21.6 Å². The first-order chi connectivity index (χ1) is 12.2. The lowest BCUT2D eigenvalue weighted by Crippen LogP contribution is -2.35. The van der Waals surface area contributed by atoms with Crippen LogP contribution in [-0.4, -0.2) is 32.6 Å². The maximum Gasteiger partial charge on any atom is 0.523 e. The Morgan fingerprint density at radius 3 is 2.41 bits per heavy atom. The van der Waals surface area contributed by atoms with E-state index in [2.05, 4.69) is 8.92 Å². The van der Waals surface area contributed by atoms with Gasteiger partial charge in [0.2, 0.25) is 0 Å². The van der Waals surface area contributed by atoms with Crippen LogP contribution in [0.1, 0.15) is 25.8 Å². The highest BCUT2D eigenvalue weighted by molar-refractivity contribution is 7.87. The van der Waals surface area contributed by atoms with E-state index >= 15 is 0 Å². The molecule has 0 saturated heterocycles. The van der Waals surface area contributed by atoms with Crippen molar-refractivity contribution in [3.05, 3.63) is 35.8 Å². The average molecular weight is 345 g/mol. The van der Waals surface area contributed by atoms with Crippen molar-refractivity contribution in [1.82, 2.24) is 0 Å². The van der Waals surface area contributed by atoms with Crippen LogP contribution < -0.4 is 0 Å². The third kappa shape index (κ3) is 5.30. The molecular weight excluding hydrogens is 325 g/mol. The molecule has 22 heavy (non-hydrogen) atoms. The molecule has 0 radical (unpaired) electrons. The van der Waals surface area contributed by atoms with Gasteiger partial charge in [0, 0.05) is 0 Å². The molecular formula is C13H15F3O5S. The Balaban J connectivity index is 3.18. The van der Waals surface area contributed by atoms with E-state index in [-0.39, 0.29) is 12.2 Å². The minimum atomic E-state index is -6.11. The summed E-state index contributed by atoms with van der Waals surface area (Å²) in [6.07, 6.45) is -3.44. The molecule has 0 bridgehead atoms. The number of carbonyl (C=O) groups is 1. The van der Waals surface area contributed by atoms with Crippen molar-refractivity contribution in [1.29, 1.82) is 0 Å². The van der Waals surface area contributed by atoms with Gasteiger partial charge in [0.05, 0.1) is 13.5 Å². The summed E-state index contributed by atoms with van der Waals surface area (Å²) in [6.45, 7) is 1.07. The molecule has 0 unspecified atom stereocenters. The second-order valence-electron chi connectivity index (χ2n) is 3.88. The van der Waals surface area contributed by atoms with E-state index in [9.17, 15) is 26.4 Å². The van der Waals surface area contributed by atoms with Crippen LogP contribution >= 0.6 is 0 Å². The summed E-state index contributed by atoms with van der Waals surface area (Å²) in [5.74, 6) is -1.39. The molecule has 1 rings (SSSR count). The van der Waals surface area contributed by atoms with Crippen molar-refractivity contribution in [2.75, 3.05) is 6.61 Å². The molecule has 0 heterocycles. The number of ether oxygens (including phenoxy) is 1. The van der Waals surface area contributed by atoms with Crippen LogP contribution in [0.2, 0.25) is 0 Å². The summed E-state index contributed by atoms with van der Waals surface area (Å²) in [6, 6.07) is -3.28. The quantitative estimate of drug-likeness (QED) is 0.431. The number of alkyl halides is 3. The van der Waals surface area contributed by atoms with Crippen molar-refractivity contribution < 1.29 is 42.2 Å². The molecule has 5 nitrogen and oxygen atoms in total. The van der Waals surface area contributed by atoms with Gasteiger partial charge >= 0.3 is 21.6 Å². The normalized spacial score (nSPS) is 16.8. The van der Waals surface area contributed by atoms with E-state index in [4.69, 9.17) is 6.85 Å². The van der Waals surface area contributed by atoms with E-state index in [0.29, 0.717) is 0 Å². The first-order valence-corrected chi connectivity index (χ1v) is 7.37. The van der Waals surface area contributed by atoms with Crippen molar-refractivity contribution >= 4 is 16.1 Å². The fourth-order valence-corrected chi connectivity index (χ4v) is 1.91. The highest BCUT2D eigenvalue weighted by Gasteiger charge is 2.49. The fourth-order valence-electron chi connectivity index (χ4n) is 1.32. The predicted octanol–water partition coefficient (Wildman–Crippen LogP) is 2.42. The summed E-state index contributed by atoms with van der Waals surface area (Å²) < 4.78 is 106. The zero-order chi connectivity index (χ0) is 21.2. The highest BCUT2D eigenvalue weighted by atomic mass is 32.2. The highest BCUT2D eigenvalue weighted by Crippen LogP contribution is 2.27. The smallest absolute Gasteiger partial charge is 0.464 e. The number of hydrogen-bond acceptors (Lipinski definition) is 5. The van der Waals surface area contributed by atoms with Gasteiger partial charge < -0.3 is 4.74 Å². The largest absolute Gasteiger partial charge is 0.523 e. The van der Waals surface area contributed by atoms with Crippen LogP contribution in [0.25, 0.3) is 0 Å². The first kappa shape index (κ1) is 11.9. The molecule has 0 aliphatic rings. The number of esters is 1. The van der Waals surface area contributed by atoms with Gasteiger partial charge in [-0.1, -0.05) is 30.2 Å². The van der Waals surface area contributed by atoms with E-state index in [0.717, 1.165) is 0 Å². The number of hydrogen-bond donors (Lipinski definition) is 0. The van der Waals surface area contributed by atoms with Gasteiger partial charge in [-0.15, -0.1) is 0 Å². The minimum Gasteiger partial charge on any atom is -0.464 e. The van der Waals surface area contributed by atoms with Crippen LogP contribution in [0.15, 0.2) is 30.2 Å². The summed E-state index contributed by atoms with van der Waals surface area (Å²) in [4.78, 5) is 11.8. The van der Waals surface area contributed by atoms with Gasteiger partial charge in [-0.3, -0.25) is 0 Å². The molecule has 0 saturated carbocycles. The number of carbonyl (C=O) groups excluding carboxylic acids is 1. The number of benzene rings is 1. The molecule has 1 aromatic rings. The molecule has 0 aliphatic carbocycles. The molecule has 1 atom stereocenters. The Labute approximate surface area is 133 Å². The van der Waals surface area contributed by atoms with Gasteiger partial charge in [-0.25, -0.2) is 8.98 Å². The van der Waals surface area contributed by atoms with Crippen molar-refractivity contribution in [2.24, 2.45) is 0 Å². The Morgan fingerprint density at radius 1 is 1.32 bits per heavy atom. The van der Waals surface area contributed by atoms with Crippen molar-refractivity contribution in [3.63, 3.8) is 0 Å². The third-order valence-electron chi connectivity index (χ3n) is 2.28. The van der Waals surface area contributed by atoms with E-state index < -0.39 is 70.8 Å². The lowest BCUT2D eigenvalue weighted by Gasteiger charge is -2.17. The lowest BCUT2D eigenvalue weighted by atomic mass is 10.1. The maximum absolute atomic E-state index is 12.5. The van der Waals surface area contributed by atoms with Crippen molar-refractivity contribution in [2.45, 2.75) is 31.4 Å². The summed E-state index contributed by atoms with van der Waals surface area (Å²) >= 11 is 0. The van der Waals surface area contributed by atoms with Crippen LogP contribution in [0.5, 0.6) is 0 Å². The standard InChI is InChI=1S/C13H15F3O5S/c1-2-20-12(17)11(21-22(18,19)13(14,15)16)9-8-10-6-4-3-5-7-10/h3-7,11H,2,8-9H2,1H3/t11-/m1/s1/i3D,4D,5D,6D,7D. The zero-order valence-corrected chi connectivity index (χ0v) is 12.1. The Morgan fingerprint density at radius 2 is 1.91 bits per heavy atom.